The second kappa shape index (κ2) is 10.2. The van der Waals surface area contributed by atoms with Crippen LogP contribution in [0, 0.1) is 23.0 Å². The van der Waals surface area contributed by atoms with Gasteiger partial charge in [0.2, 0.25) is 0 Å². The minimum absolute atomic E-state index is 0.0422. The Hall–Kier alpha value is -5.82. The van der Waals surface area contributed by atoms with Gasteiger partial charge in [-0.05, 0) is 24.3 Å². The van der Waals surface area contributed by atoms with Crippen LogP contribution in [0.5, 0.6) is 0 Å². The van der Waals surface area contributed by atoms with Crippen LogP contribution >= 0.6 is 0 Å². The molecule has 0 spiro atoms. The molecule has 44 heavy (non-hydrogen) atoms. The van der Waals surface area contributed by atoms with E-state index in [-0.39, 0.29) is 28.2 Å². The van der Waals surface area contributed by atoms with E-state index in [1.165, 1.54) is 12.1 Å². The van der Waals surface area contributed by atoms with Crippen molar-refractivity contribution in [1.29, 1.82) is 5.26 Å². The van der Waals surface area contributed by atoms with Crippen LogP contribution in [0.2, 0.25) is 0 Å². The van der Waals surface area contributed by atoms with Crippen LogP contribution in [-0.2, 0) is 6.18 Å². The summed E-state index contributed by atoms with van der Waals surface area (Å²) in [6.07, 6.45) is -5.38. The predicted octanol–water partition coefficient (Wildman–Crippen LogP) is 8.87. The Balaban J connectivity index is 1.66. The highest BCUT2D eigenvalue weighted by molar-refractivity contribution is 5.87. The van der Waals surface area contributed by atoms with Gasteiger partial charge in [0.05, 0.1) is 22.1 Å². The first-order valence-corrected chi connectivity index (χ1v) is 13.4. The Labute approximate surface area is 246 Å². The molecule has 0 aliphatic heterocycles. The zero-order chi connectivity index (χ0) is 30.6. The van der Waals surface area contributed by atoms with Crippen molar-refractivity contribution in [3.05, 3.63) is 132 Å². The molecule has 0 bridgehead atoms. The first kappa shape index (κ1) is 27.0. The van der Waals surface area contributed by atoms with E-state index in [1.54, 1.807) is 103 Å². The fourth-order valence-electron chi connectivity index (χ4n) is 5.51. The Morgan fingerprint density at radius 3 is 1.45 bits per heavy atom. The topological polar surface area (TPSA) is 59.4 Å². The summed E-state index contributed by atoms with van der Waals surface area (Å²) in [7, 11) is 0. The number of hydrogen-bond acceptors (Lipinski definition) is 3. The largest absolute Gasteiger partial charge is 0.421 e. The van der Waals surface area contributed by atoms with Gasteiger partial charge in [0, 0.05) is 11.1 Å². The van der Waals surface area contributed by atoms with Gasteiger partial charge in [-0.25, -0.2) is 18.7 Å². The smallest absolute Gasteiger partial charge is 0.289 e. The maximum atomic E-state index is 16.8. The van der Waals surface area contributed by atoms with Crippen molar-refractivity contribution in [3.63, 3.8) is 0 Å². The van der Waals surface area contributed by atoms with Gasteiger partial charge in [-0.3, -0.25) is 9.13 Å². The summed E-state index contributed by atoms with van der Waals surface area (Å²) in [6, 6.07) is 30.8. The molecule has 10 heteroatoms. The molecular weight excluding hydrogens is 573 g/mol. The molecule has 0 aliphatic carbocycles. The summed E-state index contributed by atoms with van der Waals surface area (Å²) in [5, 5.41) is 10.3. The van der Waals surface area contributed by atoms with E-state index < -0.39 is 40.3 Å². The average molecular weight is 592 g/mol. The monoisotopic (exact) mass is 591 g/mol. The van der Waals surface area contributed by atoms with Gasteiger partial charge in [0.1, 0.15) is 40.2 Å². The van der Waals surface area contributed by atoms with Gasteiger partial charge in [-0.2, -0.15) is 18.4 Å². The van der Waals surface area contributed by atoms with E-state index >= 15 is 22.0 Å². The van der Waals surface area contributed by atoms with Crippen LogP contribution in [0.15, 0.2) is 109 Å². The predicted molar refractivity (Wildman–Crippen MR) is 156 cm³/mol. The van der Waals surface area contributed by atoms with Gasteiger partial charge in [-0.1, -0.05) is 84.9 Å². The van der Waals surface area contributed by atoms with Gasteiger partial charge in [-0.15, -0.1) is 0 Å². The molecule has 5 aromatic carbocycles. The lowest BCUT2D eigenvalue weighted by Gasteiger charge is -2.22. The highest BCUT2D eigenvalue weighted by Gasteiger charge is 2.44. The zero-order valence-electron chi connectivity index (χ0n) is 22.5. The molecule has 2 heterocycles. The Bertz CT molecular complexity index is 2240. The normalized spacial score (nSPS) is 11.7. The molecule has 5 nitrogen and oxygen atoms in total. The van der Waals surface area contributed by atoms with Crippen molar-refractivity contribution in [2.24, 2.45) is 0 Å². The van der Waals surface area contributed by atoms with Crippen molar-refractivity contribution in [2.45, 2.75) is 6.18 Å². The summed E-state index contributed by atoms with van der Waals surface area (Å²) < 4.78 is 80.9. The SMILES string of the molecule is N#Cc1c(F)c(-n2c(-c3ccccc3)nc3ccccc32)c(C(F)(F)F)c(F)c1-n1c(-c2ccccc2)nc2ccccc21. The summed E-state index contributed by atoms with van der Waals surface area (Å²) >= 11 is 0. The molecule has 0 N–H and O–H groups in total. The number of nitrogens with zero attached hydrogens (tertiary/aromatic N) is 5. The number of hydrogen-bond donors (Lipinski definition) is 0. The highest BCUT2D eigenvalue weighted by Crippen LogP contribution is 2.45. The molecule has 0 saturated heterocycles. The highest BCUT2D eigenvalue weighted by atomic mass is 19.4. The van der Waals surface area contributed by atoms with Gasteiger partial charge >= 0.3 is 6.18 Å². The standard InChI is InChI=1S/C34H18F5N5/c35-28-22(19-40)30(43-25-17-9-7-15-23(25)41-32(43)20-11-3-1-4-12-20)29(36)27(34(37,38)39)31(28)44-26-18-10-8-16-24(26)42-33(44)21-13-5-2-6-14-21/h1-18H. The summed E-state index contributed by atoms with van der Waals surface area (Å²) in [5.74, 6) is -3.37. The van der Waals surface area contributed by atoms with Crippen LogP contribution in [0.3, 0.4) is 0 Å². The van der Waals surface area contributed by atoms with Crippen molar-refractivity contribution >= 4 is 22.1 Å². The fraction of sp³-hybridized carbons (Fsp3) is 0.0294. The number of fused-ring (bicyclic) bond motifs is 2. The molecule has 7 rings (SSSR count). The van der Waals surface area contributed by atoms with E-state index in [2.05, 4.69) is 9.97 Å². The van der Waals surface area contributed by atoms with Gasteiger partial charge < -0.3 is 0 Å². The quantitative estimate of drug-likeness (QED) is 0.192. The second-order valence-electron chi connectivity index (χ2n) is 9.94. The third kappa shape index (κ3) is 4.13. The van der Waals surface area contributed by atoms with Crippen LogP contribution in [0.25, 0.3) is 56.2 Å². The van der Waals surface area contributed by atoms with Gasteiger partial charge in [0.25, 0.3) is 0 Å². The molecular formula is C34H18F5N5. The lowest BCUT2D eigenvalue weighted by Crippen LogP contribution is -2.20. The maximum absolute atomic E-state index is 16.8. The van der Waals surface area contributed by atoms with E-state index in [0.29, 0.717) is 16.6 Å². The van der Waals surface area contributed by atoms with Crippen LogP contribution in [-0.4, -0.2) is 19.1 Å². The molecule has 7 aromatic rings. The average Bonchev–Trinajstić information content (AvgIpc) is 3.61. The van der Waals surface area contributed by atoms with E-state index in [9.17, 15) is 5.26 Å². The number of benzene rings is 5. The molecule has 0 fully saturated rings. The van der Waals surface area contributed by atoms with Crippen molar-refractivity contribution < 1.29 is 22.0 Å². The molecule has 214 valence electrons. The number of imidazole rings is 2. The number of rotatable bonds is 4. The molecule has 0 aliphatic rings. The number of nitriles is 1. The van der Waals surface area contributed by atoms with Gasteiger partial charge in [0.15, 0.2) is 11.6 Å². The summed E-state index contributed by atoms with van der Waals surface area (Å²) in [5.41, 5.74) is -3.17. The molecule has 0 radical (unpaired) electrons. The van der Waals surface area contributed by atoms with Crippen molar-refractivity contribution in [1.82, 2.24) is 19.1 Å². The van der Waals surface area contributed by atoms with Crippen LogP contribution < -0.4 is 0 Å². The van der Waals surface area contributed by atoms with E-state index in [0.717, 1.165) is 9.13 Å². The minimum atomic E-state index is -5.38. The third-order valence-electron chi connectivity index (χ3n) is 7.36. The first-order chi connectivity index (χ1) is 21.3. The Morgan fingerprint density at radius 1 is 0.568 bits per heavy atom. The first-order valence-electron chi connectivity index (χ1n) is 13.4. The summed E-state index contributed by atoms with van der Waals surface area (Å²) in [4.78, 5) is 9.02. The molecule has 0 atom stereocenters. The lowest BCUT2D eigenvalue weighted by molar-refractivity contribution is -0.140. The Kier molecular flexibility index (Phi) is 6.25. The van der Waals surface area contributed by atoms with Crippen LogP contribution in [0.4, 0.5) is 22.0 Å². The molecule has 2 aromatic heterocycles. The third-order valence-corrected chi connectivity index (χ3v) is 7.36. The maximum Gasteiger partial charge on any atom is 0.421 e. The zero-order valence-corrected chi connectivity index (χ0v) is 22.5. The number of alkyl halides is 3. The second-order valence-corrected chi connectivity index (χ2v) is 9.94. The molecule has 0 unspecified atom stereocenters. The minimum Gasteiger partial charge on any atom is -0.289 e. The van der Waals surface area contributed by atoms with E-state index in [1.807, 2.05) is 0 Å². The molecule has 0 amide bonds. The number of halogens is 5. The van der Waals surface area contributed by atoms with E-state index in [4.69, 9.17) is 0 Å². The Morgan fingerprint density at radius 2 is 1.00 bits per heavy atom. The van der Waals surface area contributed by atoms with Crippen molar-refractivity contribution in [3.8, 4) is 40.2 Å². The number of para-hydroxylation sites is 4. The van der Waals surface area contributed by atoms with Crippen LogP contribution in [0.1, 0.15) is 11.1 Å². The number of aromatic nitrogens is 4. The molecule has 0 saturated carbocycles. The summed E-state index contributed by atoms with van der Waals surface area (Å²) in [6.45, 7) is 0. The van der Waals surface area contributed by atoms with Crippen molar-refractivity contribution in [2.75, 3.05) is 0 Å². The lowest BCUT2D eigenvalue weighted by atomic mass is 10.0. The fourth-order valence-corrected chi connectivity index (χ4v) is 5.51.